The quantitative estimate of drug-likeness (QED) is 0.799. The molecule has 1 aromatic carbocycles. The van der Waals surface area contributed by atoms with Gasteiger partial charge in [0, 0.05) is 23.7 Å². The topological polar surface area (TPSA) is 72.7 Å². The first-order valence-corrected chi connectivity index (χ1v) is 7.48. The second-order valence-corrected chi connectivity index (χ2v) is 5.58. The van der Waals surface area contributed by atoms with E-state index >= 15 is 0 Å². The molecule has 1 aliphatic rings. The molecule has 2 heterocycles. The predicted molar refractivity (Wildman–Crippen MR) is 84.2 cm³/mol. The number of carbonyl (C=O) groups excluding carboxylic acids is 1. The molecule has 6 nitrogen and oxygen atoms in total. The van der Waals surface area contributed by atoms with Gasteiger partial charge in [0.15, 0.2) is 5.82 Å². The Morgan fingerprint density at radius 1 is 1.22 bits per heavy atom. The van der Waals surface area contributed by atoms with Crippen molar-refractivity contribution in [1.82, 2.24) is 25.1 Å². The van der Waals surface area contributed by atoms with Crippen LogP contribution in [-0.2, 0) is 0 Å². The lowest BCUT2D eigenvalue weighted by atomic mass is 10.1. The minimum atomic E-state index is -0.0859. The van der Waals surface area contributed by atoms with Gasteiger partial charge in [-0.15, -0.1) is 0 Å². The van der Waals surface area contributed by atoms with Crippen molar-refractivity contribution in [2.75, 3.05) is 0 Å². The van der Waals surface area contributed by atoms with E-state index in [4.69, 9.17) is 0 Å². The number of aromatic nitrogens is 4. The third-order valence-corrected chi connectivity index (χ3v) is 4.00. The van der Waals surface area contributed by atoms with Gasteiger partial charge in [0.2, 0.25) is 0 Å². The van der Waals surface area contributed by atoms with Crippen LogP contribution in [0.5, 0.6) is 0 Å². The Balaban J connectivity index is 1.45. The highest BCUT2D eigenvalue weighted by atomic mass is 16.1. The highest BCUT2D eigenvalue weighted by molar-refractivity contribution is 5.95. The second-order valence-electron chi connectivity index (χ2n) is 5.58. The van der Waals surface area contributed by atoms with Crippen molar-refractivity contribution in [3.05, 3.63) is 72.4 Å². The first-order valence-electron chi connectivity index (χ1n) is 7.48. The van der Waals surface area contributed by atoms with E-state index in [2.05, 4.69) is 32.5 Å². The summed E-state index contributed by atoms with van der Waals surface area (Å²) in [4.78, 5) is 20.5. The summed E-state index contributed by atoms with van der Waals surface area (Å²) in [5, 5.41) is 7.10. The van der Waals surface area contributed by atoms with E-state index < -0.39 is 0 Å². The Kier molecular flexibility index (Phi) is 3.34. The number of nitrogens with one attached hydrogen (secondary N) is 1. The minimum absolute atomic E-state index is 0.0859. The second kappa shape index (κ2) is 5.64. The zero-order chi connectivity index (χ0) is 15.6. The molecule has 0 aliphatic heterocycles. The van der Waals surface area contributed by atoms with E-state index in [1.165, 1.54) is 16.6 Å². The Bertz CT molecular complexity index is 816. The van der Waals surface area contributed by atoms with Crippen molar-refractivity contribution >= 4 is 5.91 Å². The first-order chi connectivity index (χ1) is 11.3. The molecule has 0 saturated heterocycles. The molecule has 6 heteroatoms. The maximum atomic E-state index is 12.4. The van der Waals surface area contributed by atoms with Crippen LogP contribution in [-0.4, -0.2) is 31.7 Å². The van der Waals surface area contributed by atoms with Crippen LogP contribution >= 0.6 is 0 Å². The number of nitrogens with zero attached hydrogens (tertiary/aromatic N) is 4. The third-order valence-electron chi connectivity index (χ3n) is 4.00. The third kappa shape index (κ3) is 2.83. The molecule has 0 radical (unpaired) electrons. The van der Waals surface area contributed by atoms with Crippen molar-refractivity contribution in [2.45, 2.75) is 18.4 Å². The molecule has 0 bridgehead atoms. The molecule has 1 saturated carbocycles. The molecular weight excluding hydrogens is 290 g/mol. The average molecular weight is 305 g/mol. The van der Waals surface area contributed by atoms with Crippen molar-refractivity contribution in [2.24, 2.45) is 0 Å². The van der Waals surface area contributed by atoms with Crippen molar-refractivity contribution in [3.63, 3.8) is 0 Å². The molecule has 114 valence electrons. The summed E-state index contributed by atoms with van der Waals surface area (Å²) in [5.41, 5.74) is 1.85. The lowest BCUT2D eigenvalue weighted by Gasteiger charge is -2.06. The Labute approximate surface area is 133 Å². The average Bonchev–Trinajstić information content (AvgIpc) is 3.14. The fourth-order valence-corrected chi connectivity index (χ4v) is 2.69. The molecule has 23 heavy (non-hydrogen) atoms. The van der Waals surface area contributed by atoms with Crippen molar-refractivity contribution in [3.8, 4) is 5.82 Å². The molecule has 1 amide bonds. The van der Waals surface area contributed by atoms with Crippen molar-refractivity contribution in [1.29, 1.82) is 0 Å². The zero-order valence-corrected chi connectivity index (χ0v) is 12.3. The zero-order valence-electron chi connectivity index (χ0n) is 12.3. The van der Waals surface area contributed by atoms with Crippen LogP contribution in [0, 0.1) is 0 Å². The molecule has 0 spiro atoms. The van der Waals surface area contributed by atoms with Crippen LogP contribution < -0.4 is 5.32 Å². The minimum Gasteiger partial charge on any atom is -0.349 e. The van der Waals surface area contributed by atoms with Crippen molar-refractivity contribution < 1.29 is 4.79 Å². The molecule has 1 N–H and O–H groups in total. The van der Waals surface area contributed by atoms with Gasteiger partial charge in [-0.1, -0.05) is 30.3 Å². The Hall–Kier alpha value is -3.02. The summed E-state index contributed by atoms with van der Waals surface area (Å²) in [6.45, 7) is 0. The van der Waals surface area contributed by atoms with Crippen LogP contribution in [0.15, 0.2) is 61.3 Å². The van der Waals surface area contributed by atoms with Gasteiger partial charge in [-0.25, -0.2) is 14.6 Å². The molecule has 1 fully saturated rings. The number of carbonyl (C=O) groups is 1. The van der Waals surface area contributed by atoms with Gasteiger partial charge in [-0.2, -0.15) is 5.10 Å². The summed E-state index contributed by atoms with van der Waals surface area (Å²) >= 11 is 0. The molecule has 2 unspecified atom stereocenters. The van der Waals surface area contributed by atoms with Gasteiger partial charge in [0.25, 0.3) is 5.91 Å². The van der Waals surface area contributed by atoms with E-state index in [1.54, 1.807) is 24.7 Å². The Morgan fingerprint density at radius 3 is 2.87 bits per heavy atom. The monoisotopic (exact) mass is 305 g/mol. The maximum Gasteiger partial charge on any atom is 0.251 e. The summed E-state index contributed by atoms with van der Waals surface area (Å²) < 4.78 is 1.53. The van der Waals surface area contributed by atoms with Gasteiger partial charge >= 0.3 is 0 Å². The standard InChI is InChI=1S/C17H15N5O/c23-17(21-15-9-14(15)12-4-2-1-3-5-12)13-6-7-19-16(8-13)22-11-18-10-20-22/h1-8,10-11,14-15H,9H2,(H,21,23). The summed E-state index contributed by atoms with van der Waals surface area (Å²) in [5.74, 6) is 0.902. The Morgan fingerprint density at radius 2 is 2.09 bits per heavy atom. The highest BCUT2D eigenvalue weighted by Gasteiger charge is 2.39. The summed E-state index contributed by atoms with van der Waals surface area (Å²) in [7, 11) is 0. The van der Waals surface area contributed by atoms with E-state index in [-0.39, 0.29) is 11.9 Å². The maximum absolute atomic E-state index is 12.4. The smallest absolute Gasteiger partial charge is 0.251 e. The van der Waals surface area contributed by atoms with Crippen LogP contribution in [0.25, 0.3) is 5.82 Å². The van der Waals surface area contributed by atoms with Crippen LogP contribution in [0.1, 0.15) is 28.3 Å². The van der Waals surface area contributed by atoms with E-state index in [0.717, 1.165) is 6.42 Å². The number of hydrogen-bond acceptors (Lipinski definition) is 4. The van der Waals surface area contributed by atoms with E-state index in [1.807, 2.05) is 18.2 Å². The van der Waals surface area contributed by atoms with Gasteiger partial charge in [0.05, 0.1) is 0 Å². The fraction of sp³-hybridized carbons (Fsp3) is 0.176. The number of hydrogen-bond donors (Lipinski definition) is 1. The van der Waals surface area contributed by atoms with Gasteiger partial charge in [-0.3, -0.25) is 4.79 Å². The van der Waals surface area contributed by atoms with Gasteiger partial charge in [-0.05, 0) is 24.1 Å². The summed E-state index contributed by atoms with van der Waals surface area (Å²) in [6, 6.07) is 13.9. The highest BCUT2D eigenvalue weighted by Crippen LogP contribution is 2.40. The molecule has 3 aromatic rings. The largest absolute Gasteiger partial charge is 0.349 e. The SMILES string of the molecule is O=C(NC1CC1c1ccccc1)c1ccnc(-n2cncn2)c1. The number of rotatable bonds is 4. The summed E-state index contributed by atoms with van der Waals surface area (Å²) in [6.07, 6.45) is 5.57. The normalized spacial score (nSPS) is 19.3. The first kappa shape index (κ1) is 13.6. The number of amides is 1. The number of pyridine rings is 1. The predicted octanol–water partition coefficient (Wildman–Crippen LogP) is 1.95. The number of benzene rings is 1. The van der Waals surface area contributed by atoms with Gasteiger partial charge < -0.3 is 5.32 Å². The molecular formula is C17H15N5O. The van der Waals surface area contributed by atoms with E-state index in [0.29, 0.717) is 17.3 Å². The van der Waals surface area contributed by atoms with Crippen LogP contribution in [0.3, 0.4) is 0 Å². The molecule has 2 aromatic heterocycles. The van der Waals surface area contributed by atoms with Crippen LogP contribution in [0.2, 0.25) is 0 Å². The van der Waals surface area contributed by atoms with Gasteiger partial charge in [0.1, 0.15) is 12.7 Å². The molecule has 1 aliphatic carbocycles. The van der Waals surface area contributed by atoms with E-state index in [9.17, 15) is 4.79 Å². The molecule has 2 atom stereocenters. The lowest BCUT2D eigenvalue weighted by Crippen LogP contribution is -2.26. The lowest BCUT2D eigenvalue weighted by molar-refractivity contribution is 0.0950. The molecule has 4 rings (SSSR count). The van der Waals surface area contributed by atoms with Crippen LogP contribution in [0.4, 0.5) is 0 Å². The fourth-order valence-electron chi connectivity index (χ4n) is 2.69.